The highest BCUT2D eigenvalue weighted by atomic mass is 16.5. The molecule has 108 valence electrons. The van der Waals surface area contributed by atoms with E-state index in [-0.39, 0.29) is 7.43 Å². The maximum atomic E-state index is 5.36. The number of aryl methyl sites for hydroxylation is 2. The lowest BCUT2D eigenvalue weighted by atomic mass is 10.00. The molecule has 20 heavy (non-hydrogen) atoms. The fourth-order valence-corrected chi connectivity index (χ4v) is 2.44. The Morgan fingerprint density at radius 3 is 2.25 bits per heavy atom. The first kappa shape index (κ1) is 16.3. The zero-order valence-corrected chi connectivity index (χ0v) is 11.9. The number of ether oxygens (including phenoxy) is 1. The molecular formula is C19H26O. The van der Waals surface area contributed by atoms with Gasteiger partial charge in [-0.1, -0.05) is 49.9 Å². The third-order valence-corrected chi connectivity index (χ3v) is 3.62. The highest BCUT2D eigenvalue weighted by Crippen LogP contribution is 2.22. The summed E-state index contributed by atoms with van der Waals surface area (Å²) in [5.74, 6) is 1.00. The average Bonchev–Trinajstić information content (AvgIpc) is 2.46. The minimum absolute atomic E-state index is 0. The van der Waals surface area contributed by atoms with Crippen LogP contribution in [0.3, 0.4) is 0 Å². The fourth-order valence-electron chi connectivity index (χ4n) is 2.44. The third kappa shape index (κ3) is 4.41. The molecule has 0 heterocycles. The molecule has 0 aliphatic heterocycles. The van der Waals surface area contributed by atoms with E-state index < -0.39 is 0 Å². The molecule has 2 aromatic rings. The summed E-state index contributed by atoms with van der Waals surface area (Å²) in [7, 11) is 1.74. The summed E-state index contributed by atoms with van der Waals surface area (Å²) in [4.78, 5) is 0. The summed E-state index contributed by atoms with van der Waals surface area (Å²) >= 11 is 0. The van der Waals surface area contributed by atoms with Gasteiger partial charge in [-0.3, -0.25) is 0 Å². The molecule has 0 atom stereocenters. The quantitative estimate of drug-likeness (QED) is 0.655. The van der Waals surface area contributed by atoms with E-state index in [1.54, 1.807) is 7.11 Å². The molecule has 0 radical (unpaired) electrons. The Morgan fingerprint density at radius 2 is 1.55 bits per heavy atom. The maximum Gasteiger partial charge on any atom is 0.122 e. The summed E-state index contributed by atoms with van der Waals surface area (Å²) in [6.07, 6.45) is 4.77. The average molecular weight is 270 g/mol. The van der Waals surface area contributed by atoms with Crippen molar-refractivity contribution < 1.29 is 4.74 Å². The van der Waals surface area contributed by atoms with Crippen LogP contribution in [-0.4, -0.2) is 7.11 Å². The van der Waals surface area contributed by atoms with Crippen molar-refractivity contribution in [3.8, 4) is 5.75 Å². The van der Waals surface area contributed by atoms with Gasteiger partial charge in [-0.25, -0.2) is 0 Å². The fraction of sp³-hybridized carbons (Fsp3) is 0.368. The lowest BCUT2D eigenvalue weighted by Gasteiger charge is -2.10. The topological polar surface area (TPSA) is 9.23 Å². The van der Waals surface area contributed by atoms with Gasteiger partial charge in [0.05, 0.1) is 7.11 Å². The van der Waals surface area contributed by atoms with Crippen LogP contribution < -0.4 is 4.74 Å². The van der Waals surface area contributed by atoms with Crippen LogP contribution in [0.1, 0.15) is 37.0 Å². The van der Waals surface area contributed by atoms with Crippen LogP contribution in [-0.2, 0) is 12.8 Å². The van der Waals surface area contributed by atoms with Gasteiger partial charge in [-0.2, -0.15) is 0 Å². The van der Waals surface area contributed by atoms with E-state index in [2.05, 4.69) is 49.4 Å². The Hall–Kier alpha value is -1.76. The van der Waals surface area contributed by atoms with E-state index in [1.165, 1.54) is 36.0 Å². The van der Waals surface area contributed by atoms with Crippen LogP contribution in [0.25, 0.3) is 0 Å². The second-order valence-corrected chi connectivity index (χ2v) is 4.94. The monoisotopic (exact) mass is 270 g/mol. The minimum Gasteiger partial charge on any atom is -0.496 e. The SMILES string of the molecule is C.COc1cccc(CCCCc2ccccc2)c1C. The second-order valence-electron chi connectivity index (χ2n) is 4.94. The molecule has 0 spiro atoms. The molecule has 2 aromatic carbocycles. The van der Waals surface area contributed by atoms with Gasteiger partial charge in [0.15, 0.2) is 0 Å². The molecule has 0 saturated carbocycles. The van der Waals surface area contributed by atoms with Crippen LogP contribution in [0.4, 0.5) is 0 Å². The molecular weight excluding hydrogens is 244 g/mol. The number of benzene rings is 2. The molecule has 0 unspecified atom stereocenters. The van der Waals surface area contributed by atoms with Crippen LogP contribution in [0.2, 0.25) is 0 Å². The molecule has 0 fully saturated rings. The van der Waals surface area contributed by atoms with Crippen molar-refractivity contribution >= 4 is 0 Å². The lowest BCUT2D eigenvalue weighted by Crippen LogP contribution is -1.95. The number of methoxy groups -OCH3 is 1. The largest absolute Gasteiger partial charge is 0.496 e. The zero-order valence-electron chi connectivity index (χ0n) is 11.9. The summed E-state index contributed by atoms with van der Waals surface area (Å²) < 4.78 is 5.36. The van der Waals surface area contributed by atoms with Crippen molar-refractivity contribution in [1.82, 2.24) is 0 Å². The second kappa shape index (κ2) is 8.42. The van der Waals surface area contributed by atoms with Crippen LogP contribution >= 0.6 is 0 Å². The number of hydrogen-bond donors (Lipinski definition) is 0. The molecule has 0 amide bonds. The lowest BCUT2D eigenvalue weighted by molar-refractivity contribution is 0.411. The third-order valence-electron chi connectivity index (χ3n) is 3.62. The summed E-state index contributed by atoms with van der Waals surface area (Å²) in [5, 5.41) is 0. The van der Waals surface area contributed by atoms with Crippen LogP contribution in [0.15, 0.2) is 48.5 Å². The van der Waals surface area contributed by atoms with E-state index in [1.807, 2.05) is 6.07 Å². The Balaban J connectivity index is 0.00000200. The predicted molar refractivity (Wildman–Crippen MR) is 87.5 cm³/mol. The molecule has 1 heteroatoms. The van der Waals surface area contributed by atoms with Gasteiger partial charge in [-0.15, -0.1) is 0 Å². The molecule has 0 aliphatic carbocycles. The summed E-state index contributed by atoms with van der Waals surface area (Å²) in [6.45, 7) is 2.14. The Bertz CT molecular complexity index is 502. The summed E-state index contributed by atoms with van der Waals surface area (Å²) in [5.41, 5.74) is 4.13. The molecule has 0 N–H and O–H groups in total. The first-order valence-electron chi connectivity index (χ1n) is 6.97. The smallest absolute Gasteiger partial charge is 0.122 e. The van der Waals surface area contributed by atoms with Gasteiger partial charge in [0.2, 0.25) is 0 Å². The van der Waals surface area contributed by atoms with Crippen molar-refractivity contribution in [2.45, 2.75) is 40.0 Å². The van der Waals surface area contributed by atoms with Gasteiger partial charge in [0.25, 0.3) is 0 Å². The van der Waals surface area contributed by atoms with Crippen molar-refractivity contribution in [1.29, 1.82) is 0 Å². The molecule has 1 nitrogen and oxygen atoms in total. The van der Waals surface area contributed by atoms with Gasteiger partial charge < -0.3 is 4.74 Å². The van der Waals surface area contributed by atoms with Crippen molar-refractivity contribution in [2.24, 2.45) is 0 Å². The zero-order chi connectivity index (χ0) is 13.5. The molecule has 0 bridgehead atoms. The summed E-state index contributed by atoms with van der Waals surface area (Å²) in [6, 6.07) is 17.0. The van der Waals surface area contributed by atoms with E-state index in [0.29, 0.717) is 0 Å². The van der Waals surface area contributed by atoms with Crippen molar-refractivity contribution in [3.63, 3.8) is 0 Å². The standard InChI is InChI=1S/C18H22O.CH4/c1-15-17(13-8-14-18(15)19-2)12-7-6-11-16-9-4-3-5-10-16;/h3-5,8-10,13-14H,6-7,11-12H2,1-2H3;1H4. The van der Waals surface area contributed by atoms with E-state index >= 15 is 0 Å². The van der Waals surface area contributed by atoms with Gasteiger partial charge in [0.1, 0.15) is 5.75 Å². The maximum absolute atomic E-state index is 5.36. The molecule has 0 aromatic heterocycles. The Morgan fingerprint density at radius 1 is 0.850 bits per heavy atom. The molecule has 0 aliphatic rings. The predicted octanol–water partition coefficient (Wildman–Crippen LogP) is 5.21. The van der Waals surface area contributed by atoms with Crippen molar-refractivity contribution in [3.05, 3.63) is 65.2 Å². The van der Waals surface area contributed by atoms with Crippen LogP contribution in [0.5, 0.6) is 5.75 Å². The normalized spacial score (nSPS) is 9.90. The first-order valence-corrected chi connectivity index (χ1v) is 6.97. The Labute approximate surface area is 123 Å². The van der Waals surface area contributed by atoms with Gasteiger partial charge in [0, 0.05) is 0 Å². The van der Waals surface area contributed by atoms with E-state index in [9.17, 15) is 0 Å². The minimum atomic E-state index is 0. The molecule has 2 rings (SSSR count). The number of hydrogen-bond acceptors (Lipinski definition) is 1. The van der Waals surface area contributed by atoms with Gasteiger partial charge >= 0.3 is 0 Å². The number of unbranched alkanes of at least 4 members (excludes halogenated alkanes) is 1. The van der Waals surface area contributed by atoms with Crippen molar-refractivity contribution in [2.75, 3.05) is 7.11 Å². The van der Waals surface area contributed by atoms with E-state index in [4.69, 9.17) is 4.74 Å². The van der Waals surface area contributed by atoms with E-state index in [0.717, 1.165) is 12.2 Å². The number of rotatable bonds is 6. The van der Waals surface area contributed by atoms with Gasteiger partial charge in [-0.05, 0) is 55.4 Å². The first-order chi connectivity index (χ1) is 9.31. The Kier molecular flexibility index (Phi) is 6.86. The molecule has 0 saturated heterocycles. The highest BCUT2D eigenvalue weighted by molar-refractivity contribution is 5.39. The van der Waals surface area contributed by atoms with Crippen LogP contribution in [0, 0.1) is 6.92 Å². The highest BCUT2D eigenvalue weighted by Gasteiger charge is 2.03.